The number of carboxylic acid groups (broad SMARTS) is 1. The van der Waals surface area contributed by atoms with Gasteiger partial charge in [-0.3, -0.25) is 4.79 Å². The molecule has 114 valence electrons. The summed E-state index contributed by atoms with van der Waals surface area (Å²) in [4.78, 5) is 22.0. The fraction of sp³-hybridized carbons (Fsp3) is 0.333. The van der Waals surface area contributed by atoms with Crippen LogP contribution in [0.15, 0.2) is 23.9 Å². The lowest BCUT2D eigenvalue weighted by Crippen LogP contribution is -2.24. The van der Waals surface area contributed by atoms with Crippen molar-refractivity contribution in [1.29, 1.82) is 0 Å². The molecular formula is C15H19NO5. The zero-order valence-electron chi connectivity index (χ0n) is 12.3. The number of hydrogen-bond donors (Lipinski definition) is 2. The van der Waals surface area contributed by atoms with Crippen molar-refractivity contribution in [1.82, 2.24) is 5.32 Å². The predicted octanol–water partition coefficient (Wildman–Crippen LogP) is 2.05. The first-order chi connectivity index (χ1) is 9.97. The lowest BCUT2D eigenvalue weighted by Gasteiger charge is -2.11. The van der Waals surface area contributed by atoms with E-state index in [0.717, 1.165) is 6.42 Å². The number of rotatable bonds is 7. The number of methoxy groups -OCH3 is 1. The van der Waals surface area contributed by atoms with E-state index < -0.39 is 11.9 Å². The summed E-state index contributed by atoms with van der Waals surface area (Å²) in [5, 5.41) is 11.3. The van der Waals surface area contributed by atoms with Crippen LogP contribution in [0.25, 0.3) is 6.08 Å². The molecule has 6 heteroatoms. The highest BCUT2D eigenvalue weighted by atomic mass is 16.5. The highest BCUT2D eigenvalue weighted by Gasteiger charge is 2.10. The first-order valence-corrected chi connectivity index (χ1v) is 6.51. The molecule has 0 fully saturated rings. The molecule has 6 nitrogen and oxygen atoms in total. The van der Waals surface area contributed by atoms with Crippen LogP contribution >= 0.6 is 0 Å². The number of carbonyl (C=O) groups excluding carboxylic acids is 1. The molecule has 0 spiro atoms. The Morgan fingerprint density at radius 2 is 2.05 bits per heavy atom. The topological polar surface area (TPSA) is 84.9 Å². The Bertz CT molecular complexity index is 551. The van der Waals surface area contributed by atoms with Gasteiger partial charge in [0.2, 0.25) is 5.91 Å². The Morgan fingerprint density at radius 3 is 2.57 bits per heavy atom. The van der Waals surface area contributed by atoms with E-state index in [1.165, 1.54) is 20.1 Å². The number of ether oxygens (including phenoxy) is 2. The van der Waals surface area contributed by atoms with E-state index in [0.29, 0.717) is 23.7 Å². The Hall–Kier alpha value is -2.50. The maximum Gasteiger partial charge on any atom is 0.352 e. The molecule has 0 aliphatic rings. The molecule has 0 aromatic heterocycles. The highest BCUT2D eigenvalue weighted by Crippen LogP contribution is 2.28. The van der Waals surface area contributed by atoms with E-state index in [-0.39, 0.29) is 5.70 Å². The molecule has 0 radical (unpaired) electrons. The Balaban J connectivity index is 3.07. The fourth-order valence-electron chi connectivity index (χ4n) is 1.61. The smallest absolute Gasteiger partial charge is 0.352 e. The van der Waals surface area contributed by atoms with Gasteiger partial charge in [0.25, 0.3) is 0 Å². The Morgan fingerprint density at radius 1 is 1.33 bits per heavy atom. The minimum absolute atomic E-state index is 0.202. The van der Waals surface area contributed by atoms with Gasteiger partial charge in [-0.2, -0.15) is 0 Å². The van der Waals surface area contributed by atoms with Crippen molar-refractivity contribution in [3.8, 4) is 11.5 Å². The Kier molecular flexibility index (Phi) is 6.26. The SMILES string of the molecule is CCCOc1ccc(C=C(NC(C)=O)C(=O)O)cc1OC. The number of carboxylic acids is 1. The lowest BCUT2D eigenvalue weighted by molar-refractivity contribution is -0.134. The normalized spacial score (nSPS) is 10.9. The summed E-state index contributed by atoms with van der Waals surface area (Å²) in [5.41, 5.74) is 0.383. The third-order valence-corrected chi connectivity index (χ3v) is 2.50. The molecule has 0 heterocycles. The molecule has 0 aliphatic heterocycles. The molecule has 0 unspecified atom stereocenters. The molecule has 21 heavy (non-hydrogen) atoms. The third kappa shape index (κ3) is 5.18. The second-order valence-electron chi connectivity index (χ2n) is 4.30. The van der Waals surface area contributed by atoms with Crippen LogP contribution < -0.4 is 14.8 Å². The monoisotopic (exact) mass is 293 g/mol. The van der Waals surface area contributed by atoms with Crippen molar-refractivity contribution in [2.75, 3.05) is 13.7 Å². The van der Waals surface area contributed by atoms with Crippen molar-refractivity contribution >= 4 is 18.0 Å². The van der Waals surface area contributed by atoms with Gasteiger partial charge in [0.05, 0.1) is 13.7 Å². The quantitative estimate of drug-likeness (QED) is 0.751. The summed E-state index contributed by atoms with van der Waals surface area (Å²) in [6.45, 7) is 3.81. The molecule has 2 N–H and O–H groups in total. The average molecular weight is 293 g/mol. The van der Waals surface area contributed by atoms with Gasteiger partial charge in [-0.05, 0) is 30.2 Å². The van der Waals surface area contributed by atoms with Crippen LogP contribution in [-0.4, -0.2) is 30.7 Å². The average Bonchev–Trinajstić information content (AvgIpc) is 2.44. The minimum atomic E-state index is -1.21. The van der Waals surface area contributed by atoms with Gasteiger partial charge in [0.15, 0.2) is 11.5 Å². The molecule has 0 aliphatic carbocycles. The number of benzene rings is 1. The first kappa shape index (κ1) is 16.6. The van der Waals surface area contributed by atoms with Gasteiger partial charge in [-0.15, -0.1) is 0 Å². The van der Waals surface area contributed by atoms with E-state index in [1.54, 1.807) is 18.2 Å². The van der Waals surface area contributed by atoms with E-state index >= 15 is 0 Å². The van der Waals surface area contributed by atoms with Crippen LogP contribution in [0.3, 0.4) is 0 Å². The number of nitrogens with one attached hydrogen (secondary N) is 1. The minimum Gasteiger partial charge on any atom is -0.493 e. The van der Waals surface area contributed by atoms with Gasteiger partial charge >= 0.3 is 5.97 Å². The molecule has 0 bridgehead atoms. The van der Waals surface area contributed by atoms with Crippen LogP contribution in [0.5, 0.6) is 11.5 Å². The van der Waals surface area contributed by atoms with Gasteiger partial charge in [0, 0.05) is 6.92 Å². The number of amides is 1. The zero-order chi connectivity index (χ0) is 15.8. The maximum atomic E-state index is 11.1. The summed E-state index contributed by atoms with van der Waals surface area (Å²) in [6, 6.07) is 5.04. The number of hydrogen-bond acceptors (Lipinski definition) is 4. The van der Waals surface area contributed by atoms with Crippen molar-refractivity contribution in [2.24, 2.45) is 0 Å². The van der Waals surface area contributed by atoms with Crippen LogP contribution in [0.4, 0.5) is 0 Å². The zero-order valence-corrected chi connectivity index (χ0v) is 12.3. The van der Waals surface area contributed by atoms with Crippen molar-refractivity contribution in [3.63, 3.8) is 0 Å². The summed E-state index contributed by atoms with van der Waals surface area (Å²) in [5.74, 6) is -0.563. The summed E-state index contributed by atoms with van der Waals surface area (Å²) < 4.78 is 10.7. The van der Waals surface area contributed by atoms with Gasteiger partial charge in [-0.25, -0.2) is 4.79 Å². The standard InChI is InChI=1S/C15H19NO5/c1-4-7-21-13-6-5-11(9-14(13)20-3)8-12(15(18)19)16-10(2)17/h5-6,8-9H,4,7H2,1-3H3,(H,16,17)(H,18,19). The molecule has 0 saturated carbocycles. The fourth-order valence-corrected chi connectivity index (χ4v) is 1.61. The summed E-state index contributed by atoms with van der Waals surface area (Å²) in [7, 11) is 1.51. The highest BCUT2D eigenvalue weighted by molar-refractivity contribution is 5.96. The van der Waals surface area contributed by atoms with E-state index in [9.17, 15) is 9.59 Å². The Labute approximate surface area is 123 Å². The van der Waals surface area contributed by atoms with Crippen molar-refractivity contribution in [3.05, 3.63) is 29.5 Å². The van der Waals surface area contributed by atoms with Crippen LogP contribution in [-0.2, 0) is 9.59 Å². The van der Waals surface area contributed by atoms with E-state index in [2.05, 4.69) is 5.32 Å². The second kappa shape index (κ2) is 7.94. The summed E-state index contributed by atoms with van der Waals surface area (Å²) >= 11 is 0. The van der Waals surface area contributed by atoms with Crippen LogP contribution in [0.2, 0.25) is 0 Å². The van der Waals surface area contributed by atoms with Gasteiger partial charge in [-0.1, -0.05) is 13.0 Å². The molecule has 0 saturated heterocycles. The summed E-state index contributed by atoms with van der Waals surface area (Å²) in [6.07, 6.45) is 2.23. The van der Waals surface area contributed by atoms with Crippen molar-refractivity contribution < 1.29 is 24.2 Å². The molecule has 0 atom stereocenters. The van der Waals surface area contributed by atoms with Crippen molar-refractivity contribution in [2.45, 2.75) is 20.3 Å². The van der Waals surface area contributed by atoms with Crippen LogP contribution in [0, 0.1) is 0 Å². The second-order valence-corrected chi connectivity index (χ2v) is 4.30. The van der Waals surface area contributed by atoms with Crippen LogP contribution in [0.1, 0.15) is 25.8 Å². The lowest BCUT2D eigenvalue weighted by atomic mass is 10.1. The van der Waals surface area contributed by atoms with E-state index in [1.807, 2.05) is 6.92 Å². The molecule has 1 aromatic rings. The number of aliphatic carboxylic acids is 1. The molecule has 1 amide bonds. The van der Waals surface area contributed by atoms with Gasteiger partial charge in [0.1, 0.15) is 5.70 Å². The molecule has 1 aromatic carbocycles. The number of carbonyl (C=O) groups is 2. The maximum absolute atomic E-state index is 11.1. The molecule has 1 rings (SSSR count). The van der Waals surface area contributed by atoms with Gasteiger partial charge < -0.3 is 19.9 Å². The largest absolute Gasteiger partial charge is 0.493 e. The first-order valence-electron chi connectivity index (χ1n) is 6.51. The van der Waals surface area contributed by atoms with E-state index in [4.69, 9.17) is 14.6 Å². The molecular weight excluding hydrogens is 274 g/mol. The predicted molar refractivity (Wildman–Crippen MR) is 78.2 cm³/mol. The third-order valence-electron chi connectivity index (χ3n) is 2.50.